The Morgan fingerprint density at radius 1 is 1.25 bits per heavy atom. The van der Waals surface area contributed by atoms with Crippen LogP contribution in [0.1, 0.15) is 49.4 Å². The molecular formula is C19H25N3OS. The first kappa shape index (κ1) is 15.9. The maximum atomic E-state index is 12.4. The molecule has 2 aromatic rings. The van der Waals surface area contributed by atoms with Crippen LogP contribution < -0.4 is 0 Å². The zero-order valence-corrected chi connectivity index (χ0v) is 14.9. The molecule has 0 N–H and O–H groups in total. The molecule has 1 aliphatic carbocycles. The van der Waals surface area contributed by atoms with Crippen molar-refractivity contribution in [3.63, 3.8) is 0 Å². The third-order valence-electron chi connectivity index (χ3n) is 5.32. The molecule has 2 fully saturated rings. The summed E-state index contributed by atoms with van der Waals surface area (Å²) in [5, 5.41) is 4.22. The Bertz CT molecular complexity index is 667. The van der Waals surface area contributed by atoms with Gasteiger partial charge in [0.25, 0.3) is 0 Å². The summed E-state index contributed by atoms with van der Waals surface area (Å²) in [6, 6.07) is 2.11. The zero-order valence-electron chi connectivity index (χ0n) is 14.1. The van der Waals surface area contributed by atoms with Gasteiger partial charge in [-0.25, -0.2) is 4.98 Å². The maximum Gasteiger partial charge on any atom is 0.222 e. The summed E-state index contributed by atoms with van der Waals surface area (Å²) < 4.78 is 2.36. The number of amides is 1. The van der Waals surface area contributed by atoms with Crippen LogP contribution >= 0.6 is 11.3 Å². The summed E-state index contributed by atoms with van der Waals surface area (Å²) in [7, 11) is 0. The topological polar surface area (TPSA) is 38.1 Å². The predicted octanol–water partition coefficient (Wildman–Crippen LogP) is 3.69. The lowest BCUT2D eigenvalue weighted by Crippen LogP contribution is -2.38. The number of hydrogen-bond acceptors (Lipinski definition) is 3. The number of carbonyl (C=O) groups excluding carboxylic acids is 1. The number of carbonyl (C=O) groups is 1. The van der Waals surface area contributed by atoms with E-state index in [1.807, 2.05) is 6.20 Å². The smallest absolute Gasteiger partial charge is 0.222 e. The van der Waals surface area contributed by atoms with Crippen LogP contribution in [-0.4, -0.2) is 33.4 Å². The normalized spacial score (nSPS) is 18.9. The van der Waals surface area contributed by atoms with Gasteiger partial charge in [-0.2, -0.15) is 11.3 Å². The van der Waals surface area contributed by atoms with Gasteiger partial charge in [-0.15, -0.1) is 0 Å². The molecule has 4 nitrogen and oxygen atoms in total. The second-order valence-corrected chi connectivity index (χ2v) is 7.95. The Hall–Kier alpha value is -1.62. The lowest BCUT2D eigenvalue weighted by Gasteiger charge is -2.32. The van der Waals surface area contributed by atoms with E-state index in [0.29, 0.717) is 18.2 Å². The van der Waals surface area contributed by atoms with E-state index >= 15 is 0 Å². The van der Waals surface area contributed by atoms with Gasteiger partial charge in [0, 0.05) is 44.4 Å². The number of thiophene rings is 1. The molecule has 5 heteroatoms. The largest absolute Gasteiger partial charge is 0.343 e. The Morgan fingerprint density at radius 3 is 2.79 bits per heavy atom. The number of imidazole rings is 1. The van der Waals surface area contributed by atoms with Crippen LogP contribution in [0.25, 0.3) is 0 Å². The van der Waals surface area contributed by atoms with Crippen molar-refractivity contribution in [3.05, 3.63) is 40.6 Å². The average molecular weight is 343 g/mol. The fraction of sp³-hybridized carbons (Fsp3) is 0.579. The summed E-state index contributed by atoms with van der Waals surface area (Å²) in [6.07, 6.45) is 10.4. The van der Waals surface area contributed by atoms with Gasteiger partial charge in [0.15, 0.2) is 0 Å². The molecule has 128 valence electrons. The fourth-order valence-electron chi connectivity index (χ4n) is 3.64. The number of nitrogens with zero attached hydrogens (tertiary/aromatic N) is 3. The van der Waals surface area contributed by atoms with Gasteiger partial charge in [0.05, 0.1) is 0 Å². The van der Waals surface area contributed by atoms with Crippen molar-refractivity contribution in [1.82, 2.24) is 14.5 Å². The number of likely N-dealkylation sites (tertiary alicyclic amines) is 1. The van der Waals surface area contributed by atoms with E-state index in [9.17, 15) is 4.79 Å². The molecular weight excluding hydrogens is 318 g/mol. The number of rotatable bonds is 6. The lowest BCUT2D eigenvalue weighted by atomic mass is 9.95. The Balaban J connectivity index is 1.28. The van der Waals surface area contributed by atoms with Gasteiger partial charge < -0.3 is 9.47 Å². The first-order valence-electron chi connectivity index (χ1n) is 9.09. The highest BCUT2D eigenvalue weighted by molar-refractivity contribution is 7.07. The van der Waals surface area contributed by atoms with Crippen molar-refractivity contribution >= 4 is 17.2 Å². The molecule has 0 unspecified atom stereocenters. The number of aryl methyl sites for hydroxylation is 1. The molecule has 2 aliphatic rings. The summed E-state index contributed by atoms with van der Waals surface area (Å²) in [6.45, 7) is 2.89. The Kier molecular flexibility index (Phi) is 4.69. The van der Waals surface area contributed by atoms with Crippen molar-refractivity contribution in [2.75, 3.05) is 13.1 Å². The van der Waals surface area contributed by atoms with Crippen LogP contribution in [0, 0.1) is 5.92 Å². The third kappa shape index (κ3) is 3.72. The van der Waals surface area contributed by atoms with Crippen molar-refractivity contribution < 1.29 is 4.79 Å². The van der Waals surface area contributed by atoms with Gasteiger partial charge >= 0.3 is 0 Å². The van der Waals surface area contributed by atoms with Crippen LogP contribution in [0.2, 0.25) is 0 Å². The van der Waals surface area contributed by atoms with Gasteiger partial charge in [0.2, 0.25) is 5.91 Å². The molecule has 0 atom stereocenters. The summed E-state index contributed by atoms with van der Waals surface area (Å²) in [5.41, 5.74) is 1.28. The molecule has 0 radical (unpaired) electrons. The minimum atomic E-state index is 0.306. The van der Waals surface area contributed by atoms with Gasteiger partial charge in [-0.1, -0.05) is 0 Å². The van der Waals surface area contributed by atoms with Gasteiger partial charge in [-0.05, 0) is 60.4 Å². The predicted molar refractivity (Wildman–Crippen MR) is 96.1 cm³/mol. The highest BCUT2D eigenvalue weighted by Crippen LogP contribution is 2.33. The highest BCUT2D eigenvalue weighted by atomic mass is 32.1. The highest BCUT2D eigenvalue weighted by Gasteiger charge is 2.28. The van der Waals surface area contributed by atoms with E-state index in [1.54, 1.807) is 11.3 Å². The van der Waals surface area contributed by atoms with E-state index in [4.69, 9.17) is 0 Å². The van der Waals surface area contributed by atoms with E-state index < -0.39 is 0 Å². The van der Waals surface area contributed by atoms with Crippen molar-refractivity contribution in [2.24, 2.45) is 5.92 Å². The molecule has 0 bridgehead atoms. The average Bonchev–Trinajstić information content (AvgIpc) is 3.09. The molecule has 0 aromatic carbocycles. The first-order valence-corrected chi connectivity index (χ1v) is 10.0. The van der Waals surface area contributed by atoms with Crippen molar-refractivity contribution in [1.29, 1.82) is 0 Å². The number of hydrogen-bond donors (Lipinski definition) is 0. The second-order valence-electron chi connectivity index (χ2n) is 7.17. The number of piperidine rings is 1. The Morgan fingerprint density at radius 2 is 2.08 bits per heavy atom. The summed E-state index contributed by atoms with van der Waals surface area (Å²) >= 11 is 1.70. The molecule has 3 heterocycles. The maximum absolute atomic E-state index is 12.4. The molecule has 1 aliphatic heterocycles. The van der Waals surface area contributed by atoms with Gasteiger partial charge in [-0.3, -0.25) is 4.79 Å². The third-order valence-corrected chi connectivity index (χ3v) is 6.05. The van der Waals surface area contributed by atoms with Crippen LogP contribution in [0.5, 0.6) is 0 Å². The zero-order chi connectivity index (χ0) is 16.4. The minimum absolute atomic E-state index is 0.306. The monoisotopic (exact) mass is 343 g/mol. The van der Waals surface area contributed by atoms with Crippen molar-refractivity contribution in [3.8, 4) is 0 Å². The lowest BCUT2D eigenvalue weighted by molar-refractivity contribution is -0.132. The summed E-state index contributed by atoms with van der Waals surface area (Å²) in [5.74, 6) is 2.93. The quantitative estimate of drug-likeness (QED) is 0.802. The standard InChI is InChI=1S/C19H25N3OS/c23-18(4-3-16-7-12-24-14-16)21-9-5-17(6-10-21)19-20-8-11-22(19)13-15-1-2-15/h7-8,11-12,14-15,17H,1-6,9-10,13H2. The SMILES string of the molecule is O=C(CCc1ccsc1)N1CCC(c2nccn2CC2CC2)CC1. The van der Waals surface area contributed by atoms with Gasteiger partial charge in [0.1, 0.15) is 5.82 Å². The first-order chi connectivity index (χ1) is 11.8. The molecule has 1 amide bonds. The van der Waals surface area contributed by atoms with Crippen LogP contribution in [0.3, 0.4) is 0 Å². The summed E-state index contributed by atoms with van der Waals surface area (Å²) in [4.78, 5) is 19.1. The van der Waals surface area contributed by atoms with E-state index in [0.717, 1.165) is 44.8 Å². The second kappa shape index (κ2) is 7.09. The van der Waals surface area contributed by atoms with E-state index in [-0.39, 0.29) is 0 Å². The molecule has 2 aromatic heterocycles. The molecule has 0 spiro atoms. The minimum Gasteiger partial charge on any atom is -0.343 e. The van der Waals surface area contributed by atoms with Crippen LogP contribution in [0.4, 0.5) is 0 Å². The molecule has 1 saturated carbocycles. The van der Waals surface area contributed by atoms with E-state index in [2.05, 4.69) is 37.5 Å². The fourth-order valence-corrected chi connectivity index (χ4v) is 4.35. The van der Waals surface area contributed by atoms with Crippen LogP contribution in [-0.2, 0) is 17.8 Å². The van der Waals surface area contributed by atoms with E-state index in [1.165, 1.54) is 24.2 Å². The Labute approximate surface area is 147 Å². The number of aromatic nitrogens is 2. The molecule has 24 heavy (non-hydrogen) atoms. The molecule has 4 rings (SSSR count). The van der Waals surface area contributed by atoms with Crippen molar-refractivity contribution in [2.45, 2.75) is 51.0 Å². The molecule has 1 saturated heterocycles. The van der Waals surface area contributed by atoms with Crippen LogP contribution in [0.15, 0.2) is 29.2 Å².